The molecule has 1 amide bonds. The van der Waals surface area contributed by atoms with Crippen LogP contribution < -0.4 is 15.0 Å². The highest BCUT2D eigenvalue weighted by molar-refractivity contribution is 5.91. The average Bonchev–Trinajstić information content (AvgIpc) is 3.47. The molecule has 11 heteroatoms. The Morgan fingerprint density at radius 1 is 1.17 bits per heavy atom. The Bertz CT molecular complexity index is 1550. The Kier molecular flexibility index (Phi) is 4.77. The molecule has 6 rings (SSSR count). The van der Waals surface area contributed by atoms with Crippen LogP contribution in [0.3, 0.4) is 0 Å². The number of likely N-dealkylation sites (N-methyl/N-ethyl adjacent to an activating group) is 1. The predicted molar refractivity (Wildman–Crippen MR) is 125 cm³/mol. The van der Waals surface area contributed by atoms with Crippen molar-refractivity contribution in [2.45, 2.75) is 38.5 Å². The minimum atomic E-state index is -1.92. The van der Waals surface area contributed by atoms with Gasteiger partial charge in [0.25, 0.3) is 5.56 Å². The summed E-state index contributed by atoms with van der Waals surface area (Å²) in [6.45, 7) is 1.99. The lowest BCUT2D eigenvalue weighted by molar-refractivity contribution is -0.172. The topological polar surface area (TPSA) is 140 Å². The maximum atomic E-state index is 13.5. The van der Waals surface area contributed by atoms with Crippen LogP contribution >= 0.6 is 0 Å². The van der Waals surface area contributed by atoms with Crippen molar-refractivity contribution >= 4 is 23.0 Å². The van der Waals surface area contributed by atoms with E-state index in [0.717, 1.165) is 16.5 Å². The maximum absolute atomic E-state index is 13.5. The molecule has 186 valence electrons. The van der Waals surface area contributed by atoms with Gasteiger partial charge in [-0.1, -0.05) is 6.92 Å². The summed E-state index contributed by atoms with van der Waals surface area (Å²) >= 11 is 0. The first-order valence-electron chi connectivity index (χ1n) is 11.6. The fourth-order valence-electron chi connectivity index (χ4n) is 5.21. The molecule has 3 aromatic rings. The van der Waals surface area contributed by atoms with Gasteiger partial charge in [-0.2, -0.15) is 0 Å². The van der Waals surface area contributed by atoms with Crippen LogP contribution in [-0.2, 0) is 34.7 Å². The second kappa shape index (κ2) is 7.69. The Morgan fingerprint density at radius 2 is 1.92 bits per heavy atom. The van der Waals surface area contributed by atoms with Gasteiger partial charge in [-0.15, -0.1) is 0 Å². The number of cyclic esters (lactones) is 1. The van der Waals surface area contributed by atoms with Gasteiger partial charge in [0.2, 0.25) is 6.79 Å². The van der Waals surface area contributed by atoms with Gasteiger partial charge < -0.3 is 33.9 Å². The number of benzene rings is 1. The molecule has 1 atom stereocenters. The van der Waals surface area contributed by atoms with Gasteiger partial charge in [-0.3, -0.25) is 4.79 Å². The number of nitrogens with zero attached hydrogens (tertiary/aromatic N) is 3. The van der Waals surface area contributed by atoms with Crippen LogP contribution in [0, 0.1) is 0 Å². The molecule has 3 aliphatic rings. The summed E-state index contributed by atoms with van der Waals surface area (Å²) in [6.07, 6.45) is -0.610. The van der Waals surface area contributed by atoms with Crippen molar-refractivity contribution in [2.75, 3.05) is 20.4 Å². The van der Waals surface area contributed by atoms with E-state index >= 15 is 0 Å². The quantitative estimate of drug-likeness (QED) is 0.408. The Balaban J connectivity index is 1.59. The number of aromatic nitrogens is 2. The molecule has 0 radical (unpaired) electrons. The van der Waals surface area contributed by atoms with E-state index in [9.17, 15) is 24.6 Å². The van der Waals surface area contributed by atoms with Gasteiger partial charge in [0.1, 0.15) is 6.61 Å². The van der Waals surface area contributed by atoms with Crippen LogP contribution in [0.5, 0.6) is 11.5 Å². The minimum absolute atomic E-state index is 0.0516. The molecular formula is C25H23N3O8. The third-order valence-corrected chi connectivity index (χ3v) is 7.32. The molecule has 0 saturated heterocycles. The van der Waals surface area contributed by atoms with Gasteiger partial charge >= 0.3 is 12.1 Å². The summed E-state index contributed by atoms with van der Waals surface area (Å²) in [6, 6.07) is 5.26. The summed E-state index contributed by atoms with van der Waals surface area (Å²) in [5.74, 6) is 0.341. The first-order valence-corrected chi connectivity index (χ1v) is 11.6. The Hall–Kier alpha value is -4.12. The number of hydrogen-bond donors (Lipinski definition) is 2. The molecule has 2 aromatic heterocycles. The van der Waals surface area contributed by atoms with Gasteiger partial charge in [-0.25, -0.2) is 14.6 Å². The number of ether oxygens (including phenoxy) is 3. The first-order chi connectivity index (χ1) is 17.2. The highest BCUT2D eigenvalue weighted by atomic mass is 16.7. The van der Waals surface area contributed by atoms with E-state index in [1.807, 2.05) is 6.07 Å². The van der Waals surface area contributed by atoms with Crippen LogP contribution in [0.4, 0.5) is 4.79 Å². The zero-order valence-corrected chi connectivity index (χ0v) is 19.7. The normalized spacial score (nSPS) is 19.0. The Labute approximate surface area is 204 Å². The lowest BCUT2D eigenvalue weighted by atomic mass is 9.86. The van der Waals surface area contributed by atoms with Crippen molar-refractivity contribution < 1.29 is 34.0 Å². The second-order valence-electron chi connectivity index (χ2n) is 9.20. The van der Waals surface area contributed by atoms with Crippen LogP contribution in [0.15, 0.2) is 23.0 Å². The third kappa shape index (κ3) is 3.02. The molecule has 5 heterocycles. The summed E-state index contributed by atoms with van der Waals surface area (Å²) in [5, 5.41) is 21.2. The van der Waals surface area contributed by atoms with Crippen LogP contribution in [0.25, 0.3) is 22.3 Å². The number of aliphatic hydroxyl groups is 1. The number of rotatable bonds is 4. The standard InChI is InChI=1S/C25H23N3O8/c1-3-25(33)16-7-18-21-14(9-28(18)22(29)15(16)10-34-23(25)30)12(4-5-27(2)24(31)32)13-6-19-20(36-11-35-19)8-17(13)26-21/h6-8,33H,3-5,9-11H2,1-2H3,(H,31,32)/t25-/m0/s1. The molecule has 0 bridgehead atoms. The molecule has 36 heavy (non-hydrogen) atoms. The zero-order valence-electron chi connectivity index (χ0n) is 19.7. The third-order valence-electron chi connectivity index (χ3n) is 7.32. The maximum Gasteiger partial charge on any atom is 0.407 e. The molecule has 0 spiro atoms. The van der Waals surface area contributed by atoms with Crippen molar-refractivity contribution in [3.8, 4) is 22.9 Å². The molecule has 0 fully saturated rings. The van der Waals surface area contributed by atoms with Gasteiger partial charge in [-0.05, 0) is 30.5 Å². The number of pyridine rings is 2. The smallest absolute Gasteiger partial charge is 0.407 e. The molecule has 3 aliphatic heterocycles. The highest BCUT2D eigenvalue weighted by Crippen LogP contribution is 2.43. The molecule has 1 aromatic carbocycles. The molecule has 0 saturated carbocycles. The second-order valence-corrected chi connectivity index (χ2v) is 9.20. The van der Waals surface area contributed by atoms with Gasteiger partial charge in [0, 0.05) is 36.2 Å². The monoisotopic (exact) mass is 493 g/mol. The zero-order chi connectivity index (χ0) is 25.4. The highest BCUT2D eigenvalue weighted by Gasteiger charge is 2.45. The molecule has 2 N–H and O–H groups in total. The van der Waals surface area contributed by atoms with Gasteiger partial charge in [0.05, 0.1) is 29.0 Å². The van der Waals surface area contributed by atoms with E-state index < -0.39 is 17.7 Å². The number of carboxylic acid groups (broad SMARTS) is 1. The van der Waals surface area contributed by atoms with Crippen molar-refractivity contribution in [3.05, 3.63) is 50.8 Å². The molecular weight excluding hydrogens is 470 g/mol. The number of carbonyl (C=O) groups is 2. The number of hydrogen-bond acceptors (Lipinski definition) is 8. The summed E-state index contributed by atoms with van der Waals surface area (Å²) in [5.41, 5.74) is 1.49. The number of carbonyl (C=O) groups excluding carboxylic acids is 1. The van der Waals surface area contributed by atoms with E-state index in [4.69, 9.17) is 19.2 Å². The number of amides is 1. The van der Waals surface area contributed by atoms with Crippen molar-refractivity contribution in [1.82, 2.24) is 14.5 Å². The summed E-state index contributed by atoms with van der Waals surface area (Å²) < 4.78 is 17.8. The van der Waals surface area contributed by atoms with Crippen LogP contribution in [0.1, 0.15) is 35.6 Å². The van der Waals surface area contributed by atoms with E-state index in [1.54, 1.807) is 23.6 Å². The lowest BCUT2D eigenvalue weighted by Gasteiger charge is -2.31. The van der Waals surface area contributed by atoms with Crippen molar-refractivity contribution in [1.29, 1.82) is 0 Å². The Morgan fingerprint density at radius 3 is 2.64 bits per heavy atom. The van der Waals surface area contributed by atoms with E-state index in [0.29, 0.717) is 34.8 Å². The molecule has 0 unspecified atom stereocenters. The summed E-state index contributed by atoms with van der Waals surface area (Å²) in [4.78, 5) is 43.4. The summed E-state index contributed by atoms with van der Waals surface area (Å²) in [7, 11) is 1.50. The molecule has 0 aliphatic carbocycles. The fourth-order valence-corrected chi connectivity index (χ4v) is 5.21. The predicted octanol–water partition coefficient (Wildman–Crippen LogP) is 1.96. The SMILES string of the molecule is CC[C@@]1(O)C(=O)OCc2c1cc1n(c2=O)Cc2c-1nc1cc3c(cc1c2CCN(C)C(=O)O)OCO3. The minimum Gasteiger partial charge on any atom is -0.465 e. The van der Waals surface area contributed by atoms with Crippen LogP contribution in [0.2, 0.25) is 0 Å². The fraction of sp³-hybridized carbons (Fsp3) is 0.360. The van der Waals surface area contributed by atoms with Crippen molar-refractivity contribution in [2.24, 2.45) is 0 Å². The number of esters is 1. The van der Waals surface area contributed by atoms with E-state index in [-0.39, 0.29) is 49.6 Å². The molecule has 11 nitrogen and oxygen atoms in total. The van der Waals surface area contributed by atoms with Gasteiger partial charge in [0.15, 0.2) is 17.1 Å². The van der Waals surface area contributed by atoms with Crippen LogP contribution in [-0.4, -0.2) is 57.1 Å². The first kappa shape index (κ1) is 22.4. The van der Waals surface area contributed by atoms with E-state index in [2.05, 4.69) is 0 Å². The average molecular weight is 493 g/mol. The lowest BCUT2D eigenvalue weighted by Crippen LogP contribution is -2.44. The van der Waals surface area contributed by atoms with Crippen molar-refractivity contribution in [3.63, 3.8) is 0 Å². The largest absolute Gasteiger partial charge is 0.465 e. The number of fused-ring (bicyclic) bond motifs is 6. The van der Waals surface area contributed by atoms with E-state index in [1.165, 1.54) is 11.9 Å².